The number of benzene rings is 1. The second kappa shape index (κ2) is 24.6. The molecule has 1 aliphatic heterocycles. The topological polar surface area (TPSA) is 364 Å². The van der Waals surface area contributed by atoms with E-state index in [0.29, 0.717) is 5.41 Å². The number of unbranched alkanes of at least 4 members (excludes halogenated alkanes) is 3. The van der Waals surface area contributed by atoms with Crippen LogP contribution >= 0.6 is 23.5 Å². The van der Waals surface area contributed by atoms with E-state index in [4.69, 9.17) is 19.5 Å². The van der Waals surface area contributed by atoms with Crippen molar-refractivity contribution in [2.24, 2.45) is 16.2 Å². The Balaban J connectivity index is 0.957. The number of rotatable bonds is 31. The lowest BCUT2D eigenvalue weighted by Gasteiger charge is -2.30. The van der Waals surface area contributed by atoms with Crippen LogP contribution in [0.5, 0.6) is 0 Å². The normalized spacial score (nSPS) is 21.3. The number of ether oxygens (including phenoxy) is 1. The number of ketones is 1. The second-order valence-corrected chi connectivity index (χ2v) is 24.3. The van der Waals surface area contributed by atoms with Crippen LogP contribution in [-0.4, -0.2) is 118 Å². The summed E-state index contributed by atoms with van der Waals surface area (Å²) >= 11 is 0. The van der Waals surface area contributed by atoms with Gasteiger partial charge in [0.05, 0.1) is 19.5 Å². The number of aromatic nitrogens is 4. The lowest BCUT2D eigenvalue weighted by Crippen LogP contribution is -2.46. The summed E-state index contributed by atoms with van der Waals surface area (Å²) in [6, 6.07) is 8.94. The van der Waals surface area contributed by atoms with Crippen LogP contribution in [0.1, 0.15) is 123 Å². The highest BCUT2D eigenvalue weighted by atomic mass is 31.3. The van der Waals surface area contributed by atoms with Gasteiger partial charge in [-0.1, -0.05) is 78.1 Å². The smallest absolute Gasteiger partial charge is 0.386 e. The molecule has 27 heteroatoms. The molecular weight excluding hydrogens is 991 g/mol. The third-order valence-corrected chi connectivity index (χ3v) is 16.0. The highest BCUT2D eigenvalue weighted by Gasteiger charge is 2.50. The summed E-state index contributed by atoms with van der Waals surface area (Å²) < 4.78 is 62.6. The van der Waals surface area contributed by atoms with Crippen molar-refractivity contribution in [2.75, 3.05) is 32.0 Å². The number of aliphatic hydroxyl groups excluding tert-OH is 2. The molecule has 3 aromatic rings. The maximum atomic E-state index is 13.0. The Hall–Kier alpha value is -3.57. The van der Waals surface area contributed by atoms with Crippen molar-refractivity contribution >= 4 is 58.0 Å². The van der Waals surface area contributed by atoms with Gasteiger partial charge in [0.1, 0.15) is 42.0 Å². The molecule has 24 nitrogen and oxygen atoms in total. The lowest BCUT2D eigenvalue weighted by molar-refractivity contribution is -0.137. The molecule has 2 amide bonds. The second-order valence-electron chi connectivity index (χ2n) is 20.0. The molecule has 1 saturated carbocycles. The molecule has 2 aromatic heterocycles. The number of aryl methyl sites for hydroxylation is 2. The number of nitrogens with zero attached hydrogens (tertiary/aromatic N) is 4. The highest BCUT2D eigenvalue weighted by Crippen LogP contribution is 2.61. The van der Waals surface area contributed by atoms with Gasteiger partial charge in [-0.2, -0.15) is 4.31 Å². The standard InChI is InChI=1S/C44H70N7O17P3/c1-42(2,19-9-6-7-11-29-13-15-30(16-14-29)12-8-10-20-44(5)21-22-44)32(52)17-23-46-33(53)18-24-47-40(56)37(55)43(3,4)26-65-71(62,63)68-70(60,61)64-25-31-36(67-69(57,58)59)35(54)41(66-31)51-28-50-34-38(45)48-27-49-39(34)51/h13-16,27-28,31,35-37,41,54-55H,6-12,17-26H2,1-5H3,(H,46,53)(H,47,56)(H,60,61)(H,62,63)(H2,45,48,49)(H2,57,58,59). The molecule has 7 unspecified atom stereocenters. The van der Waals surface area contributed by atoms with Gasteiger partial charge in [0.15, 0.2) is 17.7 Å². The summed E-state index contributed by atoms with van der Waals surface area (Å²) in [4.78, 5) is 89.6. The zero-order valence-corrected chi connectivity index (χ0v) is 43.4. The van der Waals surface area contributed by atoms with Gasteiger partial charge in [-0.25, -0.2) is 28.6 Å². The van der Waals surface area contributed by atoms with Gasteiger partial charge in [-0.15, -0.1) is 0 Å². The summed E-state index contributed by atoms with van der Waals surface area (Å²) in [5.74, 6) is -1.45. The molecule has 0 bridgehead atoms. The molecule has 3 heterocycles. The van der Waals surface area contributed by atoms with Crippen molar-refractivity contribution in [2.45, 2.75) is 149 Å². The molecule has 10 N–H and O–H groups in total. The molecule has 1 aliphatic carbocycles. The molecule has 398 valence electrons. The van der Waals surface area contributed by atoms with Crippen LogP contribution < -0.4 is 16.4 Å². The number of carbonyl (C=O) groups is 3. The van der Waals surface area contributed by atoms with Gasteiger partial charge < -0.3 is 50.9 Å². The summed E-state index contributed by atoms with van der Waals surface area (Å²) in [6.45, 7) is 6.59. The van der Waals surface area contributed by atoms with Crippen molar-refractivity contribution in [3.63, 3.8) is 0 Å². The minimum atomic E-state index is -5.59. The molecule has 7 atom stereocenters. The first-order chi connectivity index (χ1) is 33.1. The van der Waals surface area contributed by atoms with E-state index in [0.717, 1.165) is 55.7 Å². The maximum absolute atomic E-state index is 13.0. The number of phosphoric acid groups is 3. The number of imidazole rings is 1. The molecule has 5 rings (SSSR count). The first-order valence-electron chi connectivity index (χ1n) is 23.6. The maximum Gasteiger partial charge on any atom is 0.481 e. The van der Waals surface area contributed by atoms with Crippen LogP contribution in [0.4, 0.5) is 5.82 Å². The number of phosphoric ester groups is 3. The zero-order chi connectivity index (χ0) is 52.4. The number of carbonyl (C=O) groups excluding carboxylic acids is 3. The van der Waals surface area contributed by atoms with Crippen molar-refractivity contribution in [3.05, 3.63) is 48.0 Å². The minimum absolute atomic E-state index is 0.0221. The van der Waals surface area contributed by atoms with E-state index in [9.17, 15) is 57.9 Å². The van der Waals surface area contributed by atoms with E-state index in [1.807, 2.05) is 13.8 Å². The average Bonchev–Trinajstić information content (AvgIpc) is 3.74. The predicted molar refractivity (Wildman–Crippen MR) is 257 cm³/mol. The number of hydrogen-bond acceptors (Lipinski definition) is 17. The quantitative estimate of drug-likeness (QED) is 0.0311. The molecule has 0 radical (unpaired) electrons. The molecule has 1 aromatic carbocycles. The Morgan fingerprint density at radius 1 is 0.887 bits per heavy atom. The summed E-state index contributed by atoms with van der Waals surface area (Å²) in [6.07, 6.45) is 5.56. The van der Waals surface area contributed by atoms with Crippen LogP contribution in [0.15, 0.2) is 36.9 Å². The van der Waals surface area contributed by atoms with Crippen molar-refractivity contribution in [1.82, 2.24) is 30.2 Å². The number of anilines is 1. The molecule has 1 saturated heterocycles. The van der Waals surface area contributed by atoms with E-state index in [2.05, 4.69) is 65.6 Å². The number of Topliss-reactive ketones (excluding diaryl/α,β-unsaturated/α-hetero) is 1. The third-order valence-electron chi connectivity index (χ3n) is 12.9. The molecular formula is C44H70N7O17P3. The fourth-order valence-electron chi connectivity index (χ4n) is 8.02. The Morgan fingerprint density at radius 3 is 2.14 bits per heavy atom. The fourth-order valence-corrected chi connectivity index (χ4v) is 10.9. The number of aliphatic hydroxyl groups is 2. The van der Waals surface area contributed by atoms with E-state index in [1.165, 1.54) is 57.1 Å². The largest absolute Gasteiger partial charge is 0.481 e. The minimum Gasteiger partial charge on any atom is -0.386 e. The first kappa shape index (κ1) is 58.3. The Labute approximate surface area is 412 Å². The monoisotopic (exact) mass is 1060 g/mol. The van der Waals surface area contributed by atoms with E-state index in [1.54, 1.807) is 0 Å². The average molecular weight is 1060 g/mol. The summed E-state index contributed by atoms with van der Waals surface area (Å²) in [5.41, 5.74) is 7.04. The van der Waals surface area contributed by atoms with Crippen molar-refractivity contribution in [3.8, 4) is 0 Å². The predicted octanol–water partition coefficient (Wildman–Crippen LogP) is 4.71. The van der Waals surface area contributed by atoms with Crippen LogP contribution in [0.25, 0.3) is 11.2 Å². The SMILES string of the molecule is CC1(CCCCc2ccc(CCCCCC(C)(C)C(=O)CCNC(=O)CCNC(=O)C(O)C(C)(C)COP(=O)(O)OP(=O)(O)OCC3OC(n4cnc5c(N)ncnc54)C(O)C3OP(=O)(O)O)cc2)CC1. The van der Waals surface area contributed by atoms with Gasteiger partial charge in [-0.05, 0) is 67.9 Å². The number of nitrogens with one attached hydrogen (secondary N) is 2. The number of amides is 2. The van der Waals surface area contributed by atoms with Crippen LogP contribution in [-0.2, 0) is 63.5 Å². The lowest BCUT2D eigenvalue weighted by atomic mass is 9.81. The number of nitrogen functional groups attached to an aromatic ring is 1. The van der Waals surface area contributed by atoms with Gasteiger partial charge in [0, 0.05) is 36.8 Å². The molecule has 71 heavy (non-hydrogen) atoms. The Morgan fingerprint density at radius 2 is 1.51 bits per heavy atom. The van der Waals surface area contributed by atoms with Gasteiger partial charge in [0.2, 0.25) is 11.8 Å². The van der Waals surface area contributed by atoms with Gasteiger partial charge >= 0.3 is 23.5 Å². The Bertz CT molecular complexity index is 2430. The summed E-state index contributed by atoms with van der Waals surface area (Å²) in [7, 11) is -16.4. The van der Waals surface area contributed by atoms with Gasteiger partial charge in [-0.3, -0.25) is 32.5 Å². The number of hydrogen-bond donors (Lipinski definition) is 9. The highest BCUT2D eigenvalue weighted by molar-refractivity contribution is 7.61. The molecule has 0 spiro atoms. The van der Waals surface area contributed by atoms with Crippen molar-refractivity contribution < 1.29 is 80.5 Å². The molecule has 2 aliphatic rings. The Kier molecular flexibility index (Phi) is 20.2. The molecule has 2 fully saturated rings. The van der Waals surface area contributed by atoms with Crippen molar-refractivity contribution in [1.29, 1.82) is 0 Å². The van der Waals surface area contributed by atoms with E-state index >= 15 is 0 Å². The number of fused-ring (bicyclic) bond motifs is 1. The van der Waals surface area contributed by atoms with E-state index in [-0.39, 0.29) is 48.7 Å². The van der Waals surface area contributed by atoms with Gasteiger partial charge in [0.25, 0.3) is 0 Å². The van der Waals surface area contributed by atoms with Crippen LogP contribution in [0, 0.1) is 16.2 Å². The zero-order valence-electron chi connectivity index (χ0n) is 40.8. The van der Waals surface area contributed by atoms with E-state index < -0.39 is 90.0 Å². The number of nitrogens with two attached hydrogens (primary N) is 1. The summed E-state index contributed by atoms with van der Waals surface area (Å²) in [5, 5.41) is 26.7. The van der Waals surface area contributed by atoms with Crippen LogP contribution in [0.2, 0.25) is 0 Å². The first-order valence-corrected chi connectivity index (χ1v) is 28.1. The third kappa shape index (κ3) is 18.1. The fraction of sp³-hybridized carbons (Fsp3) is 0.682. The van der Waals surface area contributed by atoms with Crippen LogP contribution in [0.3, 0.4) is 0 Å².